The maximum atomic E-state index is 3.57. The SMILES string of the molecule is CCN(CC)CCNCC1CCCN1C. The average molecular weight is 213 g/mol. The second-order valence-corrected chi connectivity index (χ2v) is 4.51. The summed E-state index contributed by atoms with van der Waals surface area (Å²) < 4.78 is 0. The summed E-state index contributed by atoms with van der Waals surface area (Å²) in [5.41, 5.74) is 0. The Bertz CT molecular complexity index is 157. The molecule has 0 aromatic rings. The molecule has 0 amide bonds. The van der Waals surface area contributed by atoms with Crippen LogP contribution in [0.1, 0.15) is 26.7 Å². The molecule has 1 unspecified atom stereocenters. The Morgan fingerprint density at radius 3 is 2.60 bits per heavy atom. The Balaban J connectivity index is 2.01. The highest BCUT2D eigenvalue weighted by Gasteiger charge is 2.19. The first kappa shape index (κ1) is 12.9. The van der Waals surface area contributed by atoms with Crippen molar-refractivity contribution in [3.63, 3.8) is 0 Å². The van der Waals surface area contributed by atoms with Crippen molar-refractivity contribution in [1.29, 1.82) is 0 Å². The van der Waals surface area contributed by atoms with Crippen molar-refractivity contribution in [1.82, 2.24) is 15.1 Å². The number of rotatable bonds is 7. The third-order valence-electron chi connectivity index (χ3n) is 3.55. The Morgan fingerprint density at radius 1 is 1.33 bits per heavy atom. The van der Waals surface area contributed by atoms with Crippen LogP contribution in [0.15, 0.2) is 0 Å². The molecule has 3 nitrogen and oxygen atoms in total. The van der Waals surface area contributed by atoms with Gasteiger partial charge in [0.1, 0.15) is 0 Å². The summed E-state index contributed by atoms with van der Waals surface area (Å²) in [7, 11) is 2.24. The molecular weight excluding hydrogens is 186 g/mol. The van der Waals surface area contributed by atoms with Crippen molar-refractivity contribution in [2.24, 2.45) is 0 Å². The number of hydrogen-bond donors (Lipinski definition) is 1. The van der Waals surface area contributed by atoms with Gasteiger partial charge in [0.05, 0.1) is 0 Å². The highest BCUT2D eigenvalue weighted by molar-refractivity contribution is 4.78. The van der Waals surface area contributed by atoms with E-state index < -0.39 is 0 Å². The topological polar surface area (TPSA) is 18.5 Å². The fourth-order valence-corrected chi connectivity index (χ4v) is 2.28. The minimum Gasteiger partial charge on any atom is -0.314 e. The zero-order valence-electron chi connectivity index (χ0n) is 10.6. The van der Waals surface area contributed by atoms with Gasteiger partial charge >= 0.3 is 0 Å². The van der Waals surface area contributed by atoms with Crippen LogP contribution in [0.5, 0.6) is 0 Å². The monoisotopic (exact) mass is 213 g/mol. The van der Waals surface area contributed by atoms with Gasteiger partial charge in [0, 0.05) is 25.7 Å². The minimum absolute atomic E-state index is 0.779. The number of nitrogens with one attached hydrogen (secondary N) is 1. The summed E-state index contributed by atoms with van der Waals surface area (Å²) in [6.45, 7) is 11.6. The second kappa shape index (κ2) is 7.20. The Hall–Kier alpha value is -0.120. The molecule has 1 aliphatic heterocycles. The van der Waals surface area contributed by atoms with Crippen LogP contribution in [0.4, 0.5) is 0 Å². The van der Waals surface area contributed by atoms with E-state index in [1.165, 1.54) is 39.0 Å². The summed E-state index contributed by atoms with van der Waals surface area (Å²) in [5, 5.41) is 3.57. The number of likely N-dealkylation sites (tertiary alicyclic amines) is 1. The lowest BCUT2D eigenvalue weighted by Gasteiger charge is -2.22. The molecule has 0 bridgehead atoms. The van der Waals surface area contributed by atoms with E-state index in [1.54, 1.807) is 0 Å². The van der Waals surface area contributed by atoms with E-state index in [1.807, 2.05) is 0 Å². The standard InChI is InChI=1S/C12H27N3/c1-4-15(5-2)10-8-13-11-12-7-6-9-14(12)3/h12-13H,4-11H2,1-3H3. The first-order chi connectivity index (χ1) is 7.27. The molecule has 0 aliphatic carbocycles. The molecule has 1 atom stereocenters. The van der Waals surface area contributed by atoms with Gasteiger partial charge in [-0.15, -0.1) is 0 Å². The summed E-state index contributed by atoms with van der Waals surface area (Å²) in [6, 6.07) is 0.779. The predicted molar refractivity (Wildman–Crippen MR) is 66.3 cm³/mol. The third-order valence-corrected chi connectivity index (χ3v) is 3.55. The van der Waals surface area contributed by atoms with E-state index in [-0.39, 0.29) is 0 Å². The van der Waals surface area contributed by atoms with Gasteiger partial charge in [0.25, 0.3) is 0 Å². The number of hydrogen-bond acceptors (Lipinski definition) is 3. The zero-order chi connectivity index (χ0) is 11.1. The smallest absolute Gasteiger partial charge is 0.0218 e. The molecule has 1 rings (SSSR count). The quantitative estimate of drug-likeness (QED) is 0.637. The van der Waals surface area contributed by atoms with Crippen molar-refractivity contribution < 1.29 is 0 Å². The molecule has 1 fully saturated rings. The fourth-order valence-electron chi connectivity index (χ4n) is 2.28. The van der Waals surface area contributed by atoms with Gasteiger partial charge in [0.2, 0.25) is 0 Å². The van der Waals surface area contributed by atoms with Crippen LogP contribution in [0.2, 0.25) is 0 Å². The fraction of sp³-hybridized carbons (Fsp3) is 1.00. The lowest BCUT2D eigenvalue weighted by molar-refractivity contribution is 0.278. The summed E-state index contributed by atoms with van der Waals surface area (Å²) in [6.07, 6.45) is 2.74. The van der Waals surface area contributed by atoms with Gasteiger partial charge in [-0.05, 0) is 39.5 Å². The molecule has 0 radical (unpaired) electrons. The van der Waals surface area contributed by atoms with Crippen molar-refractivity contribution in [2.45, 2.75) is 32.7 Å². The average Bonchev–Trinajstić information content (AvgIpc) is 2.65. The maximum absolute atomic E-state index is 3.57. The van der Waals surface area contributed by atoms with Crippen LogP contribution < -0.4 is 5.32 Å². The van der Waals surface area contributed by atoms with E-state index in [9.17, 15) is 0 Å². The zero-order valence-corrected chi connectivity index (χ0v) is 10.6. The number of nitrogens with zero attached hydrogens (tertiary/aromatic N) is 2. The minimum atomic E-state index is 0.779. The predicted octanol–water partition coefficient (Wildman–Crippen LogP) is 1.01. The highest BCUT2D eigenvalue weighted by Crippen LogP contribution is 2.13. The Morgan fingerprint density at radius 2 is 2.07 bits per heavy atom. The third kappa shape index (κ3) is 4.49. The molecule has 0 saturated carbocycles. The lowest BCUT2D eigenvalue weighted by Crippen LogP contribution is -2.39. The van der Waals surface area contributed by atoms with Crippen LogP contribution in [-0.4, -0.2) is 62.2 Å². The molecule has 0 aromatic heterocycles. The molecule has 15 heavy (non-hydrogen) atoms. The summed E-state index contributed by atoms with van der Waals surface area (Å²) in [5.74, 6) is 0. The number of likely N-dealkylation sites (N-methyl/N-ethyl adjacent to an activating group) is 2. The molecule has 1 N–H and O–H groups in total. The van der Waals surface area contributed by atoms with Gasteiger partial charge < -0.3 is 15.1 Å². The first-order valence-electron chi connectivity index (χ1n) is 6.41. The van der Waals surface area contributed by atoms with Crippen molar-refractivity contribution in [3.05, 3.63) is 0 Å². The maximum Gasteiger partial charge on any atom is 0.0218 e. The van der Waals surface area contributed by atoms with E-state index in [4.69, 9.17) is 0 Å². The van der Waals surface area contributed by atoms with Gasteiger partial charge in [-0.2, -0.15) is 0 Å². The molecule has 0 spiro atoms. The molecule has 1 saturated heterocycles. The van der Waals surface area contributed by atoms with Gasteiger partial charge in [-0.25, -0.2) is 0 Å². The van der Waals surface area contributed by atoms with Crippen molar-refractivity contribution >= 4 is 0 Å². The van der Waals surface area contributed by atoms with E-state index >= 15 is 0 Å². The highest BCUT2D eigenvalue weighted by atomic mass is 15.2. The van der Waals surface area contributed by atoms with E-state index in [0.29, 0.717) is 0 Å². The first-order valence-corrected chi connectivity index (χ1v) is 6.41. The van der Waals surface area contributed by atoms with E-state index in [2.05, 4.69) is 36.0 Å². The largest absolute Gasteiger partial charge is 0.314 e. The van der Waals surface area contributed by atoms with Crippen molar-refractivity contribution in [2.75, 3.05) is 46.3 Å². The molecular formula is C12H27N3. The van der Waals surface area contributed by atoms with Crippen LogP contribution >= 0.6 is 0 Å². The molecule has 1 aliphatic rings. The Labute approximate surface area is 94.8 Å². The Kier molecular flexibility index (Phi) is 6.22. The van der Waals surface area contributed by atoms with Gasteiger partial charge in [-0.1, -0.05) is 13.8 Å². The van der Waals surface area contributed by atoms with E-state index in [0.717, 1.165) is 19.1 Å². The van der Waals surface area contributed by atoms with Gasteiger partial charge in [0.15, 0.2) is 0 Å². The van der Waals surface area contributed by atoms with Crippen LogP contribution in [-0.2, 0) is 0 Å². The normalized spacial score (nSPS) is 22.8. The van der Waals surface area contributed by atoms with Gasteiger partial charge in [-0.3, -0.25) is 0 Å². The van der Waals surface area contributed by atoms with Crippen molar-refractivity contribution in [3.8, 4) is 0 Å². The summed E-state index contributed by atoms with van der Waals surface area (Å²) >= 11 is 0. The van der Waals surface area contributed by atoms with Crippen LogP contribution in [0, 0.1) is 0 Å². The summed E-state index contributed by atoms with van der Waals surface area (Å²) in [4.78, 5) is 4.94. The van der Waals surface area contributed by atoms with Crippen LogP contribution in [0.25, 0.3) is 0 Å². The lowest BCUT2D eigenvalue weighted by atomic mass is 10.2. The second-order valence-electron chi connectivity index (χ2n) is 4.51. The molecule has 1 heterocycles. The van der Waals surface area contributed by atoms with Crippen LogP contribution in [0.3, 0.4) is 0 Å². The molecule has 3 heteroatoms. The molecule has 0 aromatic carbocycles. The molecule has 90 valence electrons.